The number of hydrogen-bond donors (Lipinski definition) is 1. The molecule has 0 unspecified atom stereocenters. The van der Waals surface area contributed by atoms with E-state index in [-0.39, 0.29) is 0 Å². The van der Waals surface area contributed by atoms with Crippen molar-refractivity contribution < 1.29 is 9.53 Å². The second kappa shape index (κ2) is 5.07. The molecule has 0 spiro atoms. The number of rotatable bonds is 3. The molecule has 2 aromatic rings. The number of nitrogens with zero attached hydrogens (tertiary/aromatic N) is 2. The molecule has 5 heteroatoms. The zero-order valence-electron chi connectivity index (χ0n) is 9.25. The zero-order valence-corrected chi connectivity index (χ0v) is 9.25. The highest BCUT2D eigenvalue weighted by molar-refractivity contribution is 5.95. The minimum atomic E-state index is -0.446. The molecule has 0 aliphatic rings. The van der Waals surface area contributed by atoms with Gasteiger partial charge in [-0.15, -0.1) is 5.10 Å². The largest absolute Gasteiger partial charge is 0.465 e. The van der Waals surface area contributed by atoms with Crippen LogP contribution in [0.4, 0.5) is 11.5 Å². The molecule has 0 bridgehead atoms. The van der Waals surface area contributed by atoms with Gasteiger partial charge in [0, 0.05) is 5.69 Å². The molecule has 0 aliphatic heterocycles. The number of benzene rings is 1. The van der Waals surface area contributed by atoms with E-state index in [1.807, 2.05) is 30.3 Å². The summed E-state index contributed by atoms with van der Waals surface area (Å²) in [7, 11) is 1.33. The van der Waals surface area contributed by atoms with Crippen LogP contribution >= 0.6 is 0 Å². The van der Waals surface area contributed by atoms with Crippen molar-refractivity contribution in [2.24, 2.45) is 0 Å². The summed E-state index contributed by atoms with van der Waals surface area (Å²) in [5.41, 5.74) is 1.18. The normalized spacial score (nSPS) is 9.71. The SMILES string of the molecule is COC(=O)c1ccnnc1Nc1ccccc1. The van der Waals surface area contributed by atoms with E-state index in [2.05, 4.69) is 20.3 Å². The molecule has 5 nitrogen and oxygen atoms in total. The van der Waals surface area contributed by atoms with E-state index in [9.17, 15) is 4.79 Å². The first-order chi connectivity index (χ1) is 8.31. The van der Waals surface area contributed by atoms with Crippen LogP contribution in [0, 0.1) is 0 Å². The average molecular weight is 229 g/mol. The number of nitrogens with one attached hydrogen (secondary N) is 1. The van der Waals surface area contributed by atoms with Crippen LogP contribution in [0.2, 0.25) is 0 Å². The van der Waals surface area contributed by atoms with Crippen molar-refractivity contribution in [3.63, 3.8) is 0 Å². The molecule has 0 fully saturated rings. The highest BCUT2D eigenvalue weighted by Gasteiger charge is 2.12. The molecule has 1 N–H and O–H groups in total. The third-order valence-corrected chi connectivity index (χ3v) is 2.16. The topological polar surface area (TPSA) is 64.1 Å². The molecular weight excluding hydrogens is 218 g/mol. The Hall–Kier alpha value is -2.43. The molecule has 17 heavy (non-hydrogen) atoms. The van der Waals surface area contributed by atoms with Gasteiger partial charge in [-0.3, -0.25) is 0 Å². The fourth-order valence-corrected chi connectivity index (χ4v) is 1.36. The van der Waals surface area contributed by atoms with E-state index in [1.165, 1.54) is 13.3 Å². The Bertz CT molecular complexity index is 514. The van der Waals surface area contributed by atoms with Gasteiger partial charge in [0.2, 0.25) is 0 Å². The first-order valence-electron chi connectivity index (χ1n) is 5.03. The van der Waals surface area contributed by atoms with Crippen molar-refractivity contribution in [2.75, 3.05) is 12.4 Å². The van der Waals surface area contributed by atoms with Crippen LogP contribution in [0.3, 0.4) is 0 Å². The lowest BCUT2D eigenvalue weighted by atomic mass is 10.2. The number of hydrogen-bond acceptors (Lipinski definition) is 5. The number of carbonyl (C=O) groups excluding carboxylic acids is 1. The Morgan fingerprint density at radius 2 is 2.00 bits per heavy atom. The van der Waals surface area contributed by atoms with Crippen molar-refractivity contribution >= 4 is 17.5 Å². The number of anilines is 2. The number of esters is 1. The smallest absolute Gasteiger partial charge is 0.341 e. The first-order valence-corrected chi connectivity index (χ1v) is 5.03. The maximum atomic E-state index is 11.5. The van der Waals surface area contributed by atoms with Crippen molar-refractivity contribution in [1.29, 1.82) is 0 Å². The number of para-hydroxylation sites is 1. The summed E-state index contributed by atoms with van der Waals surface area (Å²) in [6.07, 6.45) is 1.45. The zero-order chi connectivity index (χ0) is 12.1. The number of methoxy groups -OCH3 is 1. The summed E-state index contributed by atoms with van der Waals surface area (Å²) < 4.78 is 4.67. The standard InChI is InChI=1S/C12H11N3O2/c1-17-12(16)10-7-8-13-15-11(10)14-9-5-3-2-4-6-9/h2-8H,1H3,(H,14,15). The molecule has 0 amide bonds. The fraction of sp³-hybridized carbons (Fsp3) is 0.0833. The van der Waals surface area contributed by atoms with Gasteiger partial charge >= 0.3 is 5.97 Å². The molecule has 2 rings (SSSR count). The molecule has 0 aliphatic carbocycles. The van der Waals surface area contributed by atoms with E-state index in [0.717, 1.165) is 5.69 Å². The van der Waals surface area contributed by atoms with Crippen LogP contribution in [-0.4, -0.2) is 23.3 Å². The average Bonchev–Trinajstić information content (AvgIpc) is 2.40. The van der Waals surface area contributed by atoms with E-state index < -0.39 is 5.97 Å². The van der Waals surface area contributed by atoms with Crippen LogP contribution in [0.25, 0.3) is 0 Å². The summed E-state index contributed by atoms with van der Waals surface area (Å²) in [4.78, 5) is 11.5. The molecule has 0 atom stereocenters. The Balaban J connectivity index is 2.30. The van der Waals surface area contributed by atoms with Crippen molar-refractivity contribution in [3.8, 4) is 0 Å². The Kier molecular flexibility index (Phi) is 3.30. The van der Waals surface area contributed by atoms with Crippen LogP contribution < -0.4 is 5.32 Å². The highest BCUT2D eigenvalue weighted by Crippen LogP contribution is 2.17. The lowest BCUT2D eigenvalue weighted by Crippen LogP contribution is -2.07. The molecule has 0 saturated carbocycles. The predicted molar refractivity (Wildman–Crippen MR) is 63.1 cm³/mol. The molecule has 86 valence electrons. The summed E-state index contributed by atoms with van der Waals surface area (Å²) in [6, 6.07) is 11.0. The predicted octanol–water partition coefficient (Wildman–Crippen LogP) is 2.01. The van der Waals surface area contributed by atoms with Gasteiger partial charge in [-0.1, -0.05) is 18.2 Å². The molecule has 1 heterocycles. The van der Waals surface area contributed by atoms with Gasteiger partial charge in [0.1, 0.15) is 5.56 Å². The van der Waals surface area contributed by atoms with E-state index in [4.69, 9.17) is 0 Å². The van der Waals surface area contributed by atoms with Crippen molar-refractivity contribution in [1.82, 2.24) is 10.2 Å². The van der Waals surface area contributed by atoms with E-state index >= 15 is 0 Å². The Morgan fingerprint density at radius 3 is 2.71 bits per heavy atom. The summed E-state index contributed by atoms with van der Waals surface area (Å²) in [6.45, 7) is 0. The van der Waals surface area contributed by atoms with E-state index in [1.54, 1.807) is 6.07 Å². The third-order valence-electron chi connectivity index (χ3n) is 2.16. The number of carbonyl (C=O) groups is 1. The molecule has 1 aromatic heterocycles. The van der Waals surface area contributed by atoms with Gasteiger partial charge in [0.05, 0.1) is 13.3 Å². The maximum absolute atomic E-state index is 11.5. The minimum absolute atomic E-state index is 0.353. The summed E-state index contributed by atoms with van der Waals surface area (Å²) >= 11 is 0. The van der Waals surface area contributed by atoms with Gasteiger partial charge in [0.25, 0.3) is 0 Å². The Morgan fingerprint density at radius 1 is 1.24 bits per heavy atom. The molecule has 0 radical (unpaired) electrons. The van der Waals surface area contributed by atoms with Crippen LogP contribution in [0.15, 0.2) is 42.6 Å². The van der Waals surface area contributed by atoms with Gasteiger partial charge in [0.15, 0.2) is 5.82 Å². The lowest BCUT2D eigenvalue weighted by Gasteiger charge is -2.08. The maximum Gasteiger partial charge on any atom is 0.341 e. The van der Waals surface area contributed by atoms with Crippen molar-refractivity contribution in [2.45, 2.75) is 0 Å². The van der Waals surface area contributed by atoms with Gasteiger partial charge in [-0.05, 0) is 18.2 Å². The van der Waals surface area contributed by atoms with Crippen LogP contribution in [-0.2, 0) is 4.74 Å². The first kappa shape index (κ1) is 11.1. The fourth-order valence-electron chi connectivity index (χ4n) is 1.36. The van der Waals surface area contributed by atoms with Gasteiger partial charge in [-0.25, -0.2) is 4.79 Å². The highest BCUT2D eigenvalue weighted by atomic mass is 16.5. The second-order valence-electron chi connectivity index (χ2n) is 3.28. The third kappa shape index (κ3) is 2.57. The second-order valence-corrected chi connectivity index (χ2v) is 3.28. The Labute approximate surface area is 98.5 Å². The monoisotopic (exact) mass is 229 g/mol. The lowest BCUT2D eigenvalue weighted by molar-refractivity contribution is 0.0601. The van der Waals surface area contributed by atoms with E-state index in [0.29, 0.717) is 11.4 Å². The molecule has 0 saturated heterocycles. The summed E-state index contributed by atoms with van der Waals surface area (Å²) in [5, 5.41) is 10.6. The quantitative estimate of drug-likeness (QED) is 0.815. The number of ether oxygens (including phenoxy) is 1. The summed E-state index contributed by atoms with van der Waals surface area (Å²) in [5.74, 6) is -0.0659. The molecule has 1 aromatic carbocycles. The van der Waals surface area contributed by atoms with Gasteiger partial charge < -0.3 is 10.1 Å². The van der Waals surface area contributed by atoms with Crippen LogP contribution in [0.1, 0.15) is 10.4 Å². The van der Waals surface area contributed by atoms with Crippen LogP contribution in [0.5, 0.6) is 0 Å². The molecular formula is C12H11N3O2. The number of aromatic nitrogens is 2. The minimum Gasteiger partial charge on any atom is -0.465 e. The van der Waals surface area contributed by atoms with Crippen molar-refractivity contribution in [3.05, 3.63) is 48.2 Å². The van der Waals surface area contributed by atoms with Gasteiger partial charge in [-0.2, -0.15) is 5.10 Å².